The van der Waals surface area contributed by atoms with E-state index in [-0.39, 0.29) is 29.1 Å². The zero-order valence-electron chi connectivity index (χ0n) is 22.8. The van der Waals surface area contributed by atoms with E-state index in [4.69, 9.17) is 5.73 Å². The Morgan fingerprint density at radius 3 is 2.50 bits per heavy atom. The molecule has 1 aromatic carbocycles. The highest BCUT2D eigenvalue weighted by Crippen LogP contribution is 2.54. The number of carbonyl (C=O) groups is 2. The molecule has 4 aliphatic carbocycles. The number of likely N-dealkylation sites (N-methyl/N-ethyl adjacent to an activating group) is 1. The van der Waals surface area contributed by atoms with Crippen LogP contribution in [0.1, 0.15) is 42.4 Å². The number of amides is 1. The molecule has 1 aliphatic heterocycles. The molecule has 0 radical (unpaired) electrons. The monoisotopic (exact) mass is 551 g/mol. The van der Waals surface area contributed by atoms with Crippen molar-refractivity contribution in [2.75, 3.05) is 33.7 Å². The zero-order chi connectivity index (χ0) is 28.7. The van der Waals surface area contributed by atoms with Gasteiger partial charge in [0.1, 0.15) is 22.8 Å². The van der Waals surface area contributed by atoms with E-state index < -0.39 is 52.6 Å². The molecule has 3 unspecified atom stereocenters. The van der Waals surface area contributed by atoms with E-state index in [2.05, 4.69) is 11.0 Å². The second kappa shape index (κ2) is 9.44. The van der Waals surface area contributed by atoms with Crippen molar-refractivity contribution in [1.29, 1.82) is 0 Å². The van der Waals surface area contributed by atoms with Crippen molar-refractivity contribution in [2.24, 2.45) is 29.4 Å². The summed E-state index contributed by atoms with van der Waals surface area (Å²) in [4.78, 5) is 30.3. The van der Waals surface area contributed by atoms with Gasteiger partial charge in [0, 0.05) is 25.2 Å². The SMILES string of the molecule is CN(C)[C@@H]1C(O)=C(C(N)=O)C(O)(O)C2C(=O)C3=C(O)c4c(O)ccc(C5=CCN(CC6CC6)CC5)c4CC3CC21. The minimum absolute atomic E-state index is 0.00428. The van der Waals surface area contributed by atoms with E-state index in [0.29, 0.717) is 6.42 Å². The van der Waals surface area contributed by atoms with Crippen LogP contribution in [0.3, 0.4) is 0 Å². The number of phenolic OH excluding ortho intramolecular Hbond substituents is 1. The molecule has 10 heteroatoms. The van der Waals surface area contributed by atoms with Crippen LogP contribution in [0.25, 0.3) is 11.3 Å². The average Bonchev–Trinajstić information content (AvgIpc) is 3.67. The number of aliphatic hydroxyl groups is 4. The Morgan fingerprint density at radius 2 is 1.90 bits per heavy atom. The molecule has 40 heavy (non-hydrogen) atoms. The highest BCUT2D eigenvalue weighted by molar-refractivity contribution is 6.08. The number of hydrogen-bond acceptors (Lipinski definition) is 9. The molecule has 2 saturated carbocycles. The summed E-state index contributed by atoms with van der Waals surface area (Å²) in [6, 6.07) is 2.53. The average molecular weight is 552 g/mol. The first kappa shape index (κ1) is 27.0. The van der Waals surface area contributed by atoms with E-state index in [1.807, 2.05) is 6.07 Å². The molecule has 0 aromatic heterocycles. The molecule has 1 heterocycles. The second-order valence-corrected chi connectivity index (χ2v) is 12.3. The number of nitrogens with two attached hydrogens (primary N) is 1. The standard InChI is InChI=1S/C30H37N3O7/c1-32(2)25-19-12-16-11-18-17(15-7-9-33(10-8-15)13-14-3-4-14)5-6-20(34)22(18)26(35)21(16)27(36)23(19)30(39,40)24(28(25)37)29(31)38/h5-7,14,16,19,23,25,34-35,37,39-40H,3-4,8-13H2,1-2H3,(H2,31,38)/t16?,19?,23?,25-/m0/s1. The molecule has 0 spiro atoms. The van der Waals surface area contributed by atoms with Gasteiger partial charge in [0.2, 0.25) is 5.79 Å². The van der Waals surface area contributed by atoms with Crippen LogP contribution in [-0.4, -0.2) is 92.6 Å². The maximum Gasteiger partial charge on any atom is 0.253 e. The largest absolute Gasteiger partial charge is 0.510 e. The Balaban J connectivity index is 1.42. The Bertz CT molecular complexity index is 1390. The maximum absolute atomic E-state index is 14.0. The number of Topliss-reactive ketones (excluding diaryl/α,β-unsaturated/α-hetero) is 1. The molecular formula is C30H37N3O7. The first-order valence-corrected chi connectivity index (χ1v) is 14.0. The van der Waals surface area contributed by atoms with Crippen molar-refractivity contribution >= 4 is 23.0 Å². The van der Waals surface area contributed by atoms with Gasteiger partial charge in [-0.25, -0.2) is 0 Å². The molecule has 6 rings (SSSR count). The minimum atomic E-state index is -3.02. The fourth-order valence-corrected chi connectivity index (χ4v) is 7.64. The summed E-state index contributed by atoms with van der Waals surface area (Å²) in [6.07, 6.45) is 6.24. The number of phenols is 1. The lowest BCUT2D eigenvalue weighted by Gasteiger charge is -2.51. The van der Waals surface area contributed by atoms with E-state index >= 15 is 0 Å². The van der Waals surface area contributed by atoms with Crippen LogP contribution in [0.15, 0.2) is 35.1 Å². The van der Waals surface area contributed by atoms with Gasteiger partial charge in [-0.15, -0.1) is 0 Å². The molecule has 0 saturated heterocycles. The number of aliphatic hydroxyl groups excluding tert-OH is 2. The van der Waals surface area contributed by atoms with Gasteiger partial charge >= 0.3 is 0 Å². The Morgan fingerprint density at radius 1 is 1.18 bits per heavy atom. The predicted molar refractivity (Wildman–Crippen MR) is 147 cm³/mol. The van der Waals surface area contributed by atoms with E-state index in [1.165, 1.54) is 18.9 Å². The van der Waals surface area contributed by atoms with Gasteiger partial charge in [-0.3, -0.25) is 19.4 Å². The van der Waals surface area contributed by atoms with Gasteiger partial charge in [0.05, 0.1) is 17.5 Å². The number of aromatic hydroxyl groups is 1. The smallest absolute Gasteiger partial charge is 0.253 e. The van der Waals surface area contributed by atoms with Crippen LogP contribution in [0, 0.1) is 23.7 Å². The number of hydrogen-bond donors (Lipinski definition) is 6. The van der Waals surface area contributed by atoms with Gasteiger partial charge in [-0.2, -0.15) is 0 Å². The van der Waals surface area contributed by atoms with Gasteiger partial charge in [-0.05, 0) is 86.7 Å². The van der Waals surface area contributed by atoms with Crippen LogP contribution < -0.4 is 5.73 Å². The number of rotatable bonds is 5. The fraction of sp³-hybridized carbons (Fsp3) is 0.533. The van der Waals surface area contributed by atoms with Crippen molar-refractivity contribution < 1.29 is 35.1 Å². The number of benzene rings is 1. The van der Waals surface area contributed by atoms with Crippen molar-refractivity contribution in [3.8, 4) is 5.75 Å². The minimum Gasteiger partial charge on any atom is -0.510 e. The number of nitrogens with zero attached hydrogens (tertiary/aromatic N) is 2. The lowest BCUT2D eigenvalue weighted by Crippen LogP contribution is -2.62. The predicted octanol–water partition coefficient (Wildman–Crippen LogP) is 1.46. The third-order valence-corrected chi connectivity index (χ3v) is 9.57. The lowest BCUT2D eigenvalue weighted by atomic mass is 9.57. The molecular weight excluding hydrogens is 514 g/mol. The van der Waals surface area contributed by atoms with Gasteiger partial charge in [-0.1, -0.05) is 12.1 Å². The van der Waals surface area contributed by atoms with Crippen molar-refractivity contribution in [1.82, 2.24) is 9.80 Å². The fourth-order valence-electron chi connectivity index (χ4n) is 7.64. The first-order valence-electron chi connectivity index (χ1n) is 14.0. The molecule has 7 N–H and O–H groups in total. The number of carbonyl (C=O) groups excluding carboxylic acids is 2. The molecule has 214 valence electrons. The van der Waals surface area contributed by atoms with Crippen molar-refractivity contribution in [3.63, 3.8) is 0 Å². The zero-order valence-corrected chi connectivity index (χ0v) is 22.8. The van der Waals surface area contributed by atoms with Gasteiger partial charge < -0.3 is 31.3 Å². The van der Waals surface area contributed by atoms with Gasteiger partial charge in [0.25, 0.3) is 5.91 Å². The second-order valence-electron chi connectivity index (χ2n) is 12.3. The van der Waals surface area contributed by atoms with E-state index in [0.717, 1.165) is 48.7 Å². The number of ketones is 1. The Kier molecular flexibility index (Phi) is 6.38. The number of allylic oxidation sites excluding steroid dienone is 1. The topological polar surface area (TPSA) is 168 Å². The van der Waals surface area contributed by atoms with Crippen molar-refractivity contribution in [3.05, 3.63) is 51.8 Å². The quantitative estimate of drug-likeness (QED) is 0.297. The van der Waals surface area contributed by atoms with Crippen LogP contribution in [0.2, 0.25) is 0 Å². The highest BCUT2D eigenvalue weighted by atomic mass is 16.5. The van der Waals surface area contributed by atoms with Crippen LogP contribution in [-0.2, 0) is 16.0 Å². The summed E-state index contributed by atoms with van der Waals surface area (Å²) in [5, 5.41) is 55.5. The Labute approximate surface area is 232 Å². The van der Waals surface area contributed by atoms with Crippen molar-refractivity contribution in [2.45, 2.75) is 43.9 Å². The lowest BCUT2D eigenvalue weighted by molar-refractivity contribution is -0.203. The Hall–Kier alpha value is -3.18. The highest BCUT2D eigenvalue weighted by Gasteiger charge is 2.62. The number of fused-ring (bicyclic) bond motifs is 3. The molecule has 2 fully saturated rings. The third-order valence-electron chi connectivity index (χ3n) is 9.57. The first-order chi connectivity index (χ1) is 18.9. The van der Waals surface area contributed by atoms with Crippen LogP contribution >= 0.6 is 0 Å². The molecule has 10 nitrogen and oxygen atoms in total. The third kappa shape index (κ3) is 4.08. The molecule has 1 aromatic rings. The van der Waals surface area contributed by atoms with E-state index in [1.54, 1.807) is 19.0 Å². The summed E-state index contributed by atoms with van der Waals surface area (Å²) in [7, 11) is 3.33. The summed E-state index contributed by atoms with van der Waals surface area (Å²) in [5.74, 6) is -8.09. The normalized spacial score (nSPS) is 30.1. The van der Waals surface area contributed by atoms with Crippen LogP contribution in [0.5, 0.6) is 5.75 Å². The van der Waals surface area contributed by atoms with Gasteiger partial charge in [0.15, 0.2) is 5.78 Å². The summed E-state index contributed by atoms with van der Waals surface area (Å²) >= 11 is 0. The maximum atomic E-state index is 14.0. The number of primary amides is 1. The molecule has 4 atom stereocenters. The molecule has 1 amide bonds. The van der Waals surface area contributed by atoms with E-state index in [9.17, 15) is 35.1 Å². The molecule has 5 aliphatic rings. The van der Waals surface area contributed by atoms with Crippen LogP contribution in [0.4, 0.5) is 0 Å². The summed E-state index contributed by atoms with van der Waals surface area (Å²) in [5.41, 5.74) is 7.62. The summed E-state index contributed by atoms with van der Waals surface area (Å²) in [6.45, 7) is 2.89. The molecule has 0 bridgehead atoms. The summed E-state index contributed by atoms with van der Waals surface area (Å²) < 4.78 is 0.